The lowest BCUT2D eigenvalue weighted by atomic mass is 10.2. The largest absolute Gasteiger partial charge is 0.494 e. The summed E-state index contributed by atoms with van der Waals surface area (Å²) in [5.74, 6) is 1.55. The van der Waals surface area contributed by atoms with Gasteiger partial charge in [0, 0.05) is 23.6 Å². The van der Waals surface area contributed by atoms with Crippen molar-refractivity contribution >= 4 is 0 Å². The molecule has 0 unspecified atom stereocenters. The number of hydrogen-bond acceptors (Lipinski definition) is 4. The van der Waals surface area contributed by atoms with Crippen molar-refractivity contribution in [2.75, 3.05) is 6.61 Å². The maximum atomic E-state index is 5.43. The first kappa shape index (κ1) is 12.3. The molecule has 5 heteroatoms. The Balaban J connectivity index is 1.97. The Kier molecular flexibility index (Phi) is 3.41. The molecule has 5 nitrogen and oxygen atoms in total. The molecule has 0 saturated heterocycles. The summed E-state index contributed by atoms with van der Waals surface area (Å²) in [7, 11) is 0. The average Bonchev–Trinajstić information content (AvgIpc) is 2.99. The van der Waals surface area contributed by atoms with Gasteiger partial charge in [-0.25, -0.2) is 0 Å². The van der Waals surface area contributed by atoms with Gasteiger partial charge < -0.3 is 4.74 Å². The molecule has 2 heterocycles. The summed E-state index contributed by atoms with van der Waals surface area (Å²) in [6.07, 6.45) is 6.34. The van der Waals surface area contributed by atoms with Crippen LogP contribution in [0.25, 0.3) is 17.1 Å². The molecule has 0 atom stereocenters. The Morgan fingerprint density at radius 3 is 2.75 bits per heavy atom. The highest BCUT2D eigenvalue weighted by Crippen LogP contribution is 2.21. The first-order valence-corrected chi connectivity index (χ1v) is 6.35. The molecule has 1 aromatic carbocycles. The third kappa shape index (κ3) is 2.38. The third-order valence-corrected chi connectivity index (χ3v) is 2.83. The number of ether oxygens (including phenoxy) is 1. The van der Waals surface area contributed by atoms with Gasteiger partial charge in [-0.15, -0.1) is 10.2 Å². The Hall–Kier alpha value is -2.69. The predicted molar refractivity (Wildman–Crippen MR) is 74.6 cm³/mol. The van der Waals surface area contributed by atoms with E-state index in [-0.39, 0.29) is 0 Å². The third-order valence-electron chi connectivity index (χ3n) is 2.83. The van der Waals surface area contributed by atoms with Crippen LogP contribution in [0.2, 0.25) is 0 Å². The fourth-order valence-electron chi connectivity index (χ4n) is 1.93. The van der Waals surface area contributed by atoms with Crippen molar-refractivity contribution in [1.82, 2.24) is 19.7 Å². The number of pyridine rings is 1. The van der Waals surface area contributed by atoms with Crippen LogP contribution in [0.3, 0.4) is 0 Å². The molecule has 3 rings (SSSR count). The van der Waals surface area contributed by atoms with Crippen molar-refractivity contribution in [3.63, 3.8) is 0 Å². The summed E-state index contributed by atoms with van der Waals surface area (Å²) >= 11 is 0. The Morgan fingerprint density at radius 2 is 2.05 bits per heavy atom. The van der Waals surface area contributed by atoms with Gasteiger partial charge in [-0.2, -0.15) is 0 Å². The van der Waals surface area contributed by atoms with Crippen molar-refractivity contribution in [2.45, 2.75) is 6.92 Å². The van der Waals surface area contributed by atoms with Gasteiger partial charge in [-0.3, -0.25) is 9.55 Å². The molecule has 0 aliphatic heterocycles. The zero-order valence-corrected chi connectivity index (χ0v) is 11.0. The van der Waals surface area contributed by atoms with Crippen LogP contribution in [0.1, 0.15) is 6.92 Å². The lowest BCUT2D eigenvalue weighted by Gasteiger charge is -2.07. The van der Waals surface area contributed by atoms with Crippen molar-refractivity contribution in [3.8, 4) is 22.8 Å². The lowest BCUT2D eigenvalue weighted by molar-refractivity contribution is 0.340. The molecule has 99 valence electrons. The molecule has 2 aromatic heterocycles. The smallest absolute Gasteiger partial charge is 0.207 e. The van der Waals surface area contributed by atoms with Crippen molar-refractivity contribution in [3.05, 3.63) is 55.1 Å². The molecule has 0 amide bonds. The first-order chi connectivity index (χ1) is 9.88. The van der Waals surface area contributed by atoms with E-state index in [2.05, 4.69) is 21.5 Å². The molecule has 20 heavy (non-hydrogen) atoms. The van der Waals surface area contributed by atoms with Crippen LogP contribution < -0.4 is 4.74 Å². The zero-order chi connectivity index (χ0) is 13.8. The van der Waals surface area contributed by atoms with Crippen LogP contribution >= 0.6 is 0 Å². The van der Waals surface area contributed by atoms with Crippen LogP contribution in [0.15, 0.2) is 48.8 Å². The molecule has 0 aliphatic rings. The van der Waals surface area contributed by atoms with Gasteiger partial charge in [-0.05, 0) is 43.3 Å². The number of rotatable bonds is 4. The van der Waals surface area contributed by atoms with Crippen molar-refractivity contribution < 1.29 is 4.74 Å². The molecule has 3 aromatic rings. The van der Waals surface area contributed by atoms with E-state index in [0.29, 0.717) is 12.4 Å². The highest BCUT2D eigenvalue weighted by Gasteiger charge is 2.09. The van der Waals surface area contributed by atoms with E-state index < -0.39 is 0 Å². The van der Waals surface area contributed by atoms with E-state index in [1.807, 2.05) is 43.3 Å². The van der Waals surface area contributed by atoms with Crippen LogP contribution in [-0.4, -0.2) is 26.4 Å². The highest BCUT2D eigenvalue weighted by atomic mass is 16.5. The average molecular weight is 265 g/mol. The van der Waals surface area contributed by atoms with Gasteiger partial charge in [0.15, 0.2) is 5.82 Å². The maximum Gasteiger partial charge on any atom is 0.207 e. The highest BCUT2D eigenvalue weighted by molar-refractivity contribution is 5.56. The molecule has 0 spiro atoms. The predicted octanol–water partition coefficient (Wildman–Crippen LogP) is 2.53. The summed E-state index contributed by atoms with van der Waals surface area (Å²) in [4.78, 5) is 4.10. The van der Waals surface area contributed by atoms with E-state index in [9.17, 15) is 0 Å². The van der Waals surface area contributed by atoms with Crippen LogP contribution in [0.5, 0.6) is 5.75 Å². The molecule has 0 N–H and O–H groups in total. The van der Waals surface area contributed by atoms with Crippen LogP contribution in [0.4, 0.5) is 0 Å². The van der Waals surface area contributed by atoms with Gasteiger partial charge in [0.1, 0.15) is 5.75 Å². The number of benzene rings is 1. The topological polar surface area (TPSA) is 52.8 Å². The second-order valence-corrected chi connectivity index (χ2v) is 4.13. The molecule has 1 radical (unpaired) electrons. The molecule has 0 aliphatic carbocycles. The second kappa shape index (κ2) is 5.52. The number of nitrogens with zero attached hydrogens (tertiary/aromatic N) is 4. The Morgan fingerprint density at radius 1 is 1.20 bits per heavy atom. The number of aromatic nitrogens is 4. The quantitative estimate of drug-likeness (QED) is 0.727. The SMILES string of the molecule is CCOc1ccc(-n2[c]nnc2-c2cccnc2)cc1. The minimum atomic E-state index is 0.652. The van der Waals surface area contributed by atoms with E-state index in [1.54, 1.807) is 17.0 Å². The lowest BCUT2D eigenvalue weighted by Crippen LogP contribution is -1.97. The standard InChI is InChI=1S/C15H13N4O/c1-2-20-14-7-5-13(6-8-14)19-11-17-18-15(19)12-4-3-9-16-10-12/h3-10H,2H2,1H3. The Bertz CT molecular complexity index is 677. The van der Waals surface area contributed by atoms with Gasteiger partial charge >= 0.3 is 0 Å². The normalized spacial score (nSPS) is 10.4. The molecular weight excluding hydrogens is 252 g/mol. The van der Waals surface area contributed by atoms with Crippen molar-refractivity contribution in [1.29, 1.82) is 0 Å². The number of hydrogen-bond donors (Lipinski definition) is 0. The Labute approximate surface area is 116 Å². The van der Waals surface area contributed by atoms with E-state index in [1.165, 1.54) is 0 Å². The minimum Gasteiger partial charge on any atom is -0.494 e. The molecule has 0 fully saturated rings. The molecular formula is C15H13N4O. The van der Waals surface area contributed by atoms with Crippen LogP contribution in [-0.2, 0) is 0 Å². The minimum absolute atomic E-state index is 0.652. The first-order valence-electron chi connectivity index (χ1n) is 6.35. The van der Waals surface area contributed by atoms with E-state index in [4.69, 9.17) is 4.74 Å². The van der Waals surface area contributed by atoms with Crippen LogP contribution in [0, 0.1) is 6.33 Å². The van der Waals surface area contributed by atoms with Gasteiger partial charge in [0.05, 0.1) is 6.61 Å². The van der Waals surface area contributed by atoms with Gasteiger partial charge in [0.2, 0.25) is 6.33 Å². The van der Waals surface area contributed by atoms with Crippen molar-refractivity contribution in [2.24, 2.45) is 0 Å². The van der Waals surface area contributed by atoms with E-state index >= 15 is 0 Å². The summed E-state index contributed by atoms with van der Waals surface area (Å²) in [6, 6.07) is 11.5. The zero-order valence-electron chi connectivity index (χ0n) is 11.0. The fraction of sp³-hybridized carbons (Fsp3) is 0.133. The second-order valence-electron chi connectivity index (χ2n) is 4.13. The summed E-state index contributed by atoms with van der Waals surface area (Å²) < 4.78 is 7.23. The van der Waals surface area contributed by atoms with Gasteiger partial charge in [0.25, 0.3) is 0 Å². The monoisotopic (exact) mass is 265 g/mol. The summed E-state index contributed by atoms with van der Waals surface area (Å²) in [5.41, 5.74) is 1.83. The summed E-state index contributed by atoms with van der Waals surface area (Å²) in [6.45, 7) is 2.61. The fourth-order valence-corrected chi connectivity index (χ4v) is 1.93. The van der Waals surface area contributed by atoms with Gasteiger partial charge in [-0.1, -0.05) is 0 Å². The summed E-state index contributed by atoms with van der Waals surface area (Å²) in [5, 5.41) is 7.97. The van der Waals surface area contributed by atoms with E-state index in [0.717, 1.165) is 17.0 Å². The molecule has 0 saturated carbocycles. The maximum absolute atomic E-state index is 5.43. The molecule has 0 bridgehead atoms.